The second-order valence-electron chi connectivity index (χ2n) is 6.04. The van der Waals surface area contributed by atoms with Crippen molar-refractivity contribution in [2.24, 2.45) is 0 Å². The van der Waals surface area contributed by atoms with Crippen LogP contribution in [0.3, 0.4) is 0 Å². The van der Waals surface area contributed by atoms with Gasteiger partial charge in [0.2, 0.25) is 0 Å². The summed E-state index contributed by atoms with van der Waals surface area (Å²) in [6, 6.07) is 28.7. The number of hydrogen-bond acceptors (Lipinski definition) is 1. The van der Waals surface area contributed by atoms with Gasteiger partial charge >= 0.3 is 0 Å². The van der Waals surface area contributed by atoms with E-state index >= 15 is 0 Å². The Morgan fingerprint density at radius 2 is 1.38 bits per heavy atom. The van der Waals surface area contributed by atoms with E-state index in [0.717, 1.165) is 0 Å². The van der Waals surface area contributed by atoms with Crippen molar-refractivity contribution in [3.8, 4) is 0 Å². The van der Waals surface area contributed by atoms with Crippen LogP contribution in [0.25, 0.3) is 6.08 Å². The third-order valence-corrected chi connectivity index (χ3v) is 6.76. The molecule has 0 fully saturated rings. The molecule has 4 rings (SSSR count). The molecule has 0 aliphatic carbocycles. The van der Waals surface area contributed by atoms with Crippen molar-refractivity contribution in [1.82, 2.24) is 0 Å². The van der Waals surface area contributed by atoms with Gasteiger partial charge in [0.15, 0.2) is 0 Å². The van der Waals surface area contributed by atoms with Crippen LogP contribution < -0.4 is 21.2 Å². The molecule has 0 saturated carbocycles. The normalized spacial score (nSPS) is 15.8. The number of nitrogens with one attached hydrogen (secondary N) is 1. The predicted octanol–water partition coefficient (Wildman–Crippen LogP) is 4.27. The van der Waals surface area contributed by atoms with E-state index in [4.69, 9.17) is 0 Å². The zero-order valence-corrected chi connectivity index (χ0v) is 14.6. The van der Waals surface area contributed by atoms with E-state index in [0.29, 0.717) is 6.04 Å². The van der Waals surface area contributed by atoms with Gasteiger partial charge in [-0.1, -0.05) is 91.0 Å². The second-order valence-corrected chi connectivity index (χ2v) is 8.23. The molecule has 0 saturated heterocycles. The van der Waals surface area contributed by atoms with Crippen LogP contribution in [-0.4, -0.2) is 6.04 Å². The summed E-state index contributed by atoms with van der Waals surface area (Å²) >= 11 is 0. The Morgan fingerprint density at radius 3 is 2.00 bits per heavy atom. The SMILES string of the molecule is CC1C=Cc2cccc(P(c3ccccc3)c3ccccc3)c2N1. The van der Waals surface area contributed by atoms with Gasteiger partial charge in [-0.15, -0.1) is 0 Å². The fourth-order valence-corrected chi connectivity index (χ4v) is 5.59. The van der Waals surface area contributed by atoms with Crippen molar-refractivity contribution in [3.05, 3.63) is 90.5 Å². The summed E-state index contributed by atoms with van der Waals surface area (Å²) in [6.45, 7) is 2.20. The highest BCUT2D eigenvalue weighted by molar-refractivity contribution is 7.80. The molecule has 0 amide bonds. The summed E-state index contributed by atoms with van der Waals surface area (Å²) in [7, 11) is -0.576. The maximum Gasteiger partial charge on any atom is 0.0503 e. The fourth-order valence-electron chi connectivity index (χ4n) is 3.15. The molecule has 1 atom stereocenters. The van der Waals surface area contributed by atoms with Crippen LogP contribution >= 0.6 is 7.92 Å². The van der Waals surface area contributed by atoms with Crippen molar-refractivity contribution in [1.29, 1.82) is 0 Å². The van der Waals surface area contributed by atoms with E-state index in [-0.39, 0.29) is 0 Å². The molecular formula is C22H20NP. The molecule has 1 aliphatic rings. The monoisotopic (exact) mass is 329 g/mol. The minimum absolute atomic E-state index is 0.363. The molecule has 1 heterocycles. The highest BCUT2D eigenvalue weighted by Crippen LogP contribution is 2.38. The van der Waals surface area contributed by atoms with E-state index in [9.17, 15) is 0 Å². The lowest BCUT2D eigenvalue weighted by atomic mass is 10.1. The summed E-state index contributed by atoms with van der Waals surface area (Å²) in [4.78, 5) is 0. The first kappa shape index (κ1) is 15.2. The van der Waals surface area contributed by atoms with E-state index in [1.165, 1.54) is 27.2 Å². The Bertz CT molecular complexity index is 816. The lowest BCUT2D eigenvalue weighted by Crippen LogP contribution is -2.27. The number of hydrogen-bond donors (Lipinski definition) is 1. The number of anilines is 1. The Kier molecular flexibility index (Phi) is 4.19. The van der Waals surface area contributed by atoms with Gasteiger partial charge in [0.1, 0.15) is 0 Å². The zero-order valence-electron chi connectivity index (χ0n) is 13.7. The van der Waals surface area contributed by atoms with Gasteiger partial charge in [-0.3, -0.25) is 0 Å². The van der Waals surface area contributed by atoms with Gasteiger partial charge in [0, 0.05) is 11.3 Å². The Labute approximate surface area is 144 Å². The largest absolute Gasteiger partial charge is 0.378 e. The molecule has 24 heavy (non-hydrogen) atoms. The molecule has 3 aromatic rings. The molecule has 0 aromatic heterocycles. The Hall–Kier alpha value is -2.37. The van der Waals surface area contributed by atoms with Gasteiger partial charge in [0.05, 0.1) is 5.69 Å². The topological polar surface area (TPSA) is 12.0 Å². The zero-order chi connectivity index (χ0) is 16.4. The quantitative estimate of drug-likeness (QED) is 0.708. The molecule has 0 bridgehead atoms. The number of para-hydroxylation sites is 1. The summed E-state index contributed by atoms with van der Waals surface area (Å²) in [5.74, 6) is 0. The van der Waals surface area contributed by atoms with Crippen LogP contribution in [-0.2, 0) is 0 Å². The van der Waals surface area contributed by atoms with Crippen LogP contribution in [0.5, 0.6) is 0 Å². The molecule has 2 heteroatoms. The smallest absolute Gasteiger partial charge is 0.0503 e. The van der Waals surface area contributed by atoms with Crippen molar-refractivity contribution in [2.75, 3.05) is 5.32 Å². The summed E-state index contributed by atoms with van der Waals surface area (Å²) in [6.07, 6.45) is 4.46. The standard InChI is InChI=1S/C22H20NP/c1-17-15-16-18-9-8-14-21(22(18)23-17)24(19-10-4-2-5-11-19)20-12-6-3-7-13-20/h2-17,23H,1H3. The van der Waals surface area contributed by atoms with Crippen LogP contribution in [0.4, 0.5) is 5.69 Å². The highest BCUT2D eigenvalue weighted by atomic mass is 31.1. The molecular weight excluding hydrogens is 309 g/mol. The average Bonchev–Trinajstić information content (AvgIpc) is 2.64. The van der Waals surface area contributed by atoms with Crippen molar-refractivity contribution < 1.29 is 0 Å². The second kappa shape index (κ2) is 6.63. The predicted molar refractivity (Wildman–Crippen MR) is 107 cm³/mol. The van der Waals surface area contributed by atoms with Crippen LogP contribution in [0.15, 0.2) is 84.9 Å². The minimum Gasteiger partial charge on any atom is -0.378 e. The molecule has 1 nitrogen and oxygen atoms in total. The first-order valence-electron chi connectivity index (χ1n) is 8.31. The van der Waals surface area contributed by atoms with E-state index in [1.807, 2.05) is 0 Å². The number of rotatable bonds is 3. The number of benzene rings is 3. The highest BCUT2D eigenvalue weighted by Gasteiger charge is 2.22. The first-order chi connectivity index (χ1) is 11.8. The molecule has 1 unspecified atom stereocenters. The number of fused-ring (bicyclic) bond motifs is 1. The van der Waals surface area contributed by atoms with E-state index < -0.39 is 7.92 Å². The molecule has 1 aliphatic heterocycles. The molecule has 3 aromatic carbocycles. The average molecular weight is 329 g/mol. The van der Waals surface area contributed by atoms with E-state index in [2.05, 4.69) is 103 Å². The maximum absolute atomic E-state index is 3.68. The first-order valence-corrected chi connectivity index (χ1v) is 9.65. The van der Waals surface area contributed by atoms with Crippen LogP contribution in [0.1, 0.15) is 12.5 Å². The van der Waals surface area contributed by atoms with Gasteiger partial charge < -0.3 is 5.32 Å². The minimum atomic E-state index is -0.576. The van der Waals surface area contributed by atoms with E-state index in [1.54, 1.807) is 0 Å². The molecule has 1 N–H and O–H groups in total. The van der Waals surface area contributed by atoms with Gasteiger partial charge in [0.25, 0.3) is 0 Å². The molecule has 0 radical (unpaired) electrons. The summed E-state index contributed by atoms with van der Waals surface area (Å²) in [5.41, 5.74) is 2.57. The third kappa shape index (κ3) is 2.88. The Morgan fingerprint density at radius 1 is 0.750 bits per heavy atom. The maximum atomic E-state index is 3.68. The van der Waals surface area contributed by atoms with Gasteiger partial charge in [-0.25, -0.2) is 0 Å². The lowest BCUT2D eigenvalue weighted by molar-refractivity contribution is 0.995. The van der Waals surface area contributed by atoms with Crippen LogP contribution in [0.2, 0.25) is 0 Å². The Balaban J connectivity index is 1.91. The van der Waals surface area contributed by atoms with Crippen molar-refractivity contribution in [3.63, 3.8) is 0 Å². The summed E-state index contributed by atoms with van der Waals surface area (Å²) in [5, 5.41) is 7.85. The van der Waals surface area contributed by atoms with Gasteiger partial charge in [-0.2, -0.15) is 0 Å². The fraction of sp³-hybridized carbons (Fsp3) is 0.0909. The van der Waals surface area contributed by atoms with Crippen molar-refractivity contribution >= 4 is 35.6 Å². The van der Waals surface area contributed by atoms with Gasteiger partial charge in [-0.05, 0) is 31.0 Å². The molecule has 118 valence electrons. The lowest BCUT2D eigenvalue weighted by Gasteiger charge is -2.27. The van der Waals surface area contributed by atoms with Crippen molar-refractivity contribution in [2.45, 2.75) is 13.0 Å². The van der Waals surface area contributed by atoms with Crippen LogP contribution in [0, 0.1) is 0 Å². The molecule has 0 spiro atoms. The summed E-state index contributed by atoms with van der Waals surface area (Å²) < 4.78 is 0. The third-order valence-electron chi connectivity index (χ3n) is 4.28.